The highest BCUT2D eigenvalue weighted by atomic mass is 79.9. The van der Waals surface area contributed by atoms with Crippen molar-refractivity contribution in [3.63, 3.8) is 0 Å². The summed E-state index contributed by atoms with van der Waals surface area (Å²) in [5.41, 5.74) is 3.40. The SMILES string of the molecule is Cc1ccc2nc(-c3ccc(N4C(=O)CC(N(C5CC5)S(=O)(=O)c5ccc(Br)cc5)C4=O)cc3)sc2c1. The number of benzene rings is 3. The molecule has 1 aliphatic carbocycles. The Labute approximate surface area is 226 Å². The van der Waals surface area contributed by atoms with Crippen molar-refractivity contribution in [2.75, 3.05) is 4.90 Å². The number of sulfonamides is 1. The van der Waals surface area contributed by atoms with Gasteiger partial charge in [0.2, 0.25) is 15.9 Å². The number of fused-ring (bicyclic) bond motifs is 1. The lowest BCUT2D eigenvalue weighted by molar-refractivity contribution is -0.122. The van der Waals surface area contributed by atoms with E-state index in [-0.39, 0.29) is 17.4 Å². The van der Waals surface area contributed by atoms with E-state index < -0.39 is 27.9 Å². The second-order valence-electron chi connectivity index (χ2n) is 9.34. The lowest BCUT2D eigenvalue weighted by Crippen LogP contribution is -2.46. The van der Waals surface area contributed by atoms with Gasteiger partial charge in [0.25, 0.3) is 5.91 Å². The van der Waals surface area contributed by atoms with Crippen molar-refractivity contribution in [1.82, 2.24) is 9.29 Å². The van der Waals surface area contributed by atoms with Gasteiger partial charge < -0.3 is 0 Å². The highest BCUT2D eigenvalue weighted by Crippen LogP contribution is 2.39. The summed E-state index contributed by atoms with van der Waals surface area (Å²) in [5, 5.41) is 0.851. The van der Waals surface area contributed by atoms with Gasteiger partial charge in [0, 0.05) is 16.1 Å². The predicted octanol–water partition coefficient (Wildman–Crippen LogP) is 5.52. The van der Waals surface area contributed by atoms with Crippen molar-refractivity contribution in [2.24, 2.45) is 0 Å². The van der Waals surface area contributed by atoms with Crippen LogP contribution in [0.1, 0.15) is 24.8 Å². The Balaban J connectivity index is 1.28. The van der Waals surface area contributed by atoms with E-state index in [1.807, 2.05) is 31.2 Å². The maximum Gasteiger partial charge on any atom is 0.252 e. The van der Waals surface area contributed by atoms with Crippen LogP contribution in [0.15, 0.2) is 76.1 Å². The summed E-state index contributed by atoms with van der Waals surface area (Å²) in [4.78, 5) is 32.5. The number of thiazole rings is 1. The van der Waals surface area contributed by atoms with Gasteiger partial charge in [-0.05, 0) is 86.0 Å². The molecule has 2 heterocycles. The molecule has 3 aromatic carbocycles. The highest BCUT2D eigenvalue weighted by molar-refractivity contribution is 9.10. The summed E-state index contributed by atoms with van der Waals surface area (Å²) in [6.07, 6.45) is 1.16. The monoisotopic (exact) mass is 595 g/mol. The maximum atomic E-state index is 13.5. The Morgan fingerprint density at radius 2 is 1.70 bits per heavy atom. The predicted molar refractivity (Wildman–Crippen MR) is 147 cm³/mol. The third kappa shape index (κ3) is 4.41. The minimum absolute atomic E-state index is 0.108. The van der Waals surface area contributed by atoms with Gasteiger partial charge in [-0.1, -0.05) is 22.0 Å². The molecule has 0 spiro atoms. The van der Waals surface area contributed by atoms with E-state index in [1.54, 1.807) is 35.6 Å². The first kappa shape index (κ1) is 24.4. The summed E-state index contributed by atoms with van der Waals surface area (Å²) < 4.78 is 30.2. The molecule has 10 heteroatoms. The number of carbonyl (C=O) groups excluding carboxylic acids is 2. The Hall–Kier alpha value is -2.92. The van der Waals surface area contributed by atoms with Crippen LogP contribution in [0.2, 0.25) is 0 Å². The van der Waals surface area contributed by atoms with Crippen LogP contribution in [-0.4, -0.2) is 41.6 Å². The van der Waals surface area contributed by atoms with Crippen molar-refractivity contribution >= 4 is 65.0 Å². The number of anilines is 1. The number of aryl methyl sites for hydroxylation is 1. The molecule has 1 saturated heterocycles. The van der Waals surface area contributed by atoms with Crippen molar-refractivity contribution in [3.05, 3.63) is 76.8 Å². The fraction of sp³-hybridized carbons (Fsp3) is 0.222. The summed E-state index contributed by atoms with van der Waals surface area (Å²) in [7, 11) is -3.95. The van der Waals surface area contributed by atoms with Gasteiger partial charge in [-0.15, -0.1) is 11.3 Å². The first-order valence-corrected chi connectivity index (χ1v) is 14.9. The quantitative estimate of drug-likeness (QED) is 0.274. The number of halogens is 1. The van der Waals surface area contributed by atoms with E-state index >= 15 is 0 Å². The molecule has 0 radical (unpaired) electrons. The lowest BCUT2D eigenvalue weighted by atomic mass is 10.2. The van der Waals surface area contributed by atoms with Crippen molar-refractivity contribution in [1.29, 1.82) is 0 Å². The van der Waals surface area contributed by atoms with Crippen LogP contribution in [0.5, 0.6) is 0 Å². The first-order chi connectivity index (χ1) is 17.7. The Kier molecular flexibility index (Phi) is 6.02. The smallest absolute Gasteiger partial charge is 0.252 e. The molecule has 1 atom stereocenters. The molecule has 6 rings (SSSR count). The molecule has 37 heavy (non-hydrogen) atoms. The molecule has 7 nitrogen and oxygen atoms in total. The molecule has 1 aromatic heterocycles. The highest BCUT2D eigenvalue weighted by Gasteiger charge is 2.51. The minimum Gasteiger partial charge on any atom is -0.274 e. The van der Waals surface area contributed by atoms with Crippen LogP contribution in [-0.2, 0) is 19.6 Å². The number of hydrogen-bond donors (Lipinski definition) is 0. The van der Waals surface area contributed by atoms with Gasteiger partial charge >= 0.3 is 0 Å². The van der Waals surface area contributed by atoms with E-state index in [0.29, 0.717) is 18.5 Å². The zero-order valence-electron chi connectivity index (χ0n) is 19.8. The Morgan fingerprint density at radius 1 is 1.00 bits per heavy atom. The zero-order valence-corrected chi connectivity index (χ0v) is 23.0. The summed E-state index contributed by atoms with van der Waals surface area (Å²) >= 11 is 4.91. The van der Waals surface area contributed by atoms with Crippen molar-refractivity contribution in [3.8, 4) is 10.6 Å². The molecule has 1 saturated carbocycles. The van der Waals surface area contributed by atoms with Crippen LogP contribution in [0.4, 0.5) is 5.69 Å². The van der Waals surface area contributed by atoms with Gasteiger partial charge in [0.15, 0.2) is 0 Å². The number of carbonyl (C=O) groups is 2. The van der Waals surface area contributed by atoms with Crippen molar-refractivity contribution in [2.45, 2.75) is 43.2 Å². The number of hydrogen-bond acceptors (Lipinski definition) is 6. The van der Waals surface area contributed by atoms with Gasteiger partial charge in [-0.3, -0.25) is 9.59 Å². The second kappa shape index (κ2) is 9.13. The zero-order chi connectivity index (χ0) is 25.9. The van der Waals surface area contributed by atoms with Crippen LogP contribution in [0.3, 0.4) is 0 Å². The molecule has 1 aliphatic heterocycles. The largest absolute Gasteiger partial charge is 0.274 e. The third-order valence-corrected chi connectivity index (χ3v) is 10.2. The molecule has 4 aromatic rings. The molecule has 0 N–H and O–H groups in total. The van der Waals surface area contributed by atoms with Crippen LogP contribution < -0.4 is 4.90 Å². The number of imide groups is 1. The number of aromatic nitrogens is 1. The average Bonchev–Trinajstić information content (AvgIpc) is 3.54. The van der Waals surface area contributed by atoms with E-state index in [2.05, 4.69) is 22.0 Å². The van der Waals surface area contributed by atoms with E-state index in [4.69, 9.17) is 4.98 Å². The molecule has 1 unspecified atom stereocenters. The molecular weight excluding hydrogens is 574 g/mol. The molecule has 188 valence electrons. The molecule has 0 bridgehead atoms. The second-order valence-corrected chi connectivity index (χ2v) is 13.1. The maximum absolute atomic E-state index is 13.5. The van der Waals surface area contributed by atoms with Gasteiger partial charge in [0.05, 0.1) is 27.2 Å². The van der Waals surface area contributed by atoms with Crippen molar-refractivity contribution < 1.29 is 18.0 Å². The number of rotatable bonds is 6. The topological polar surface area (TPSA) is 87.7 Å². The Morgan fingerprint density at radius 3 is 2.38 bits per heavy atom. The number of amides is 2. The fourth-order valence-corrected chi connectivity index (χ4v) is 7.83. The number of nitrogens with zero attached hydrogens (tertiary/aromatic N) is 3. The summed E-state index contributed by atoms with van der Waals surface area (Å²) in [6, 6.07) is 18.2. The Bertz CT molecular complexity index is 1650. The van der Waals surface area contributed by atoms with Crippen LogP contribution >= 0.6 is 27.3 Å². The van der Waals surface area contributed by atoms with Crippen LogP contribution in [0.25, 0.3) is 20.8 Å². The molecular formula is C27H22BrN3O4S2. The van der Waals surface area contributed by atoms with Gasteiger partial charge in [0.1, 0.15) is 11.0 Å². The summed E-state index contributed by atoms with van der Waals surface area (Å²) in [5.74, 6) is -0.921. The fourth-order valence-electron chi connectivity index (χ4n) is 4.67. The minimum atomic E-state index is -3.95. The third-order valence-electron chi connectivity index (χ3n) is 6.64. The lowest BCUT2D eigenvalue weighted by Gasteiger charge is -2.26. The molecule has 2 fully saturated rings. The van der Waals surface area contributed by atoms with E-state index in [1.165, 1.54) is 22.0 Å². The van der Waals surface area contributed by atoms with Gasteiger partial charge in [-0.2, -0.15) is 4.31 Å². The summed E-state index contributed by atoms with van der Waals surface area (Å²) in [6.45, 7) is 2.04. The van der Waals surface area contributed by atoms with Gasteiger partial charge in [-0.25, -0.2) is 18.3 Å². The standard InChI is InChI=1S/C27H22BrN3O4S2/c1-16-2-13-22-24(14-16)36-26(29-22)17-3-7-19(8-4-17)30-25(32)15-23(27(30)33)31(20-9-10-20)37(34,35)21-11-5-18(28)6-12-21/h2-8,11-14,20,23H,9-10,15H2,1H3. The van der Waals surface area contributed by atoms with Crippen LogP contribution in [0, 0.1) is 6.92 Å². The van der Waals surface area contributed by atoms with E-state index in [0.717, 1.165) is 30.2 Å². The normalized spacial score (nSPS) is 18.4. The average molecular weight is 597 g/mol. The molecule has 2 aliphatic rings. The first-order valence-electron chi connectivity index (χ1n) is 11.9. The van der Waals surface area contributed by atoms with E-state index in [9.17, 15) is 18.0 Å². The molecule has 2 amide bonds.